The standard InChI is InChI=1S/C16H18BrClN4O/c1-16(2,3)15(23)20-11-7-8-12(21-13(11)18)22(4)14-10(17)6-5-9-19-14/h5-9H,1-4H3,(H,20,23). The van der Waals surface area contributed by atoms with Gasteiger partial charge < -0.3 is 10.2 Å². The van der Waals surface area contributed by atoms with Gasteiger partial charge in [-0.3, -0.25) is 4.79 Å². The Balaban J connectivity index is 2.26. The summed E-state index contributed by atoms with van der Waals surface area (Å²) in [7, 11) is 1.85. The van der Waals surface area contributed by atoms with E-state index in [0.29, 0.717) is 11.5 Å². The van der Waals surface area contributed by atoms with Gasteiger partial charge in [-0.2, -0.15) is 0 Å². The van der Waals surface area contributed by atoms with Crippen LogP contribution in [0, 0.1) is 5.41 Å². The number of aromatic nitrogens is 2. The summed E-state index contributed by atoms with van der Waals surface area (Å²) in [4.78, 5) is 22.5. The van der Waals surface area contributed by atoms with Crippen LogP contribution in [-0.2, 0) is 4.79 Å². The third-order valence-electron chi connectivity index (χ3n) is 3.16. The van der Waals surface area contributed by atoms with Gasteiger partial charge in [0.1, 0.15) is 11.6 Å². The van der Waals surface area contributed by atoms with Crippen LogP contribution in [0.2, 0.25) is 5.15 Å². The van der Waals surface area contributed by atoms with Crippen molar-refractivity contribution in [2.24, 2.45) is 5.41 Å². The van der Waals surface area contributed by atoms with Crippen molar-refractivity contribution in [1.82, 2.24) is 9.97 Å². The summed E-state index contributed by atoms with van der Waals surface area (Å²) in [6.45, 7) is 5.51. The maximum atomic E-state index is 12.0. The maximum absolute atomic E-state index is 12.0. The second kappa shape index (κ2) is 6.84. The van der Waals surface area contributed by atoms with Crippen LogP contribution >= 0.6 is 27.5 Å². The second-order valence-electron chi connectivity index (χ2n) is 6.08. The zero-order valence-electron chi connectivity index (χ0n) is 13.4. The smallest absolute Gasteiger partial charge is 0.229 e. The van der Waals surface area contributed by atoms with Crippen LogP contribution in [0.5, 0.6) is 0 Å². The fourth-order valence-corrected chi connectivity index (χ4v) is 2.47. The average Bonchev–Trinajstić information content (AvgIpc) is 2.48. The number of rotatable bonds is 3. The van der Waals surface area contributed by atoms with Gasteiger partial charge in [0.15, 0.2) is 5.15 Å². The van der Waals surface area contributed by atoms with Crippen molar-refractivity contribution in [3.63, 3.8) is 0 Å². The van der Waals surface area contributed by atoms with Crippen molar-refractivity contribution in [2.45, 2.75) is 20.8 Å². The van der Waals surface area contributed by atoms with Gasteiger partial charge in [-0.1, -0.05) is 32.4 Å². The highest BCUT2D eigenvalue weighted by molar-refractivity contribution is 9.10. The molecule has 2 rings (SSSR count). The van der Waals surface area contributed by atoms with E-state index < -0.39 is 5.41 Å². The first-order chi connectivity index (χ1) is 10.7. The highest BCUT2D eigenvalue weighted by Crippen LogP contribution is 2.30. The number of nitrogens with one attached hydrogen (secondary N) is 1. The SMILES string of the molecule is CN(c1ccc(NC(=O)C(C)(C)C)c(Cl)n1)c1ncccc1Br. The molecule has 0 saturated carbocycles. The molecule has 0 atom stereocenters. The van der Waals surface area contributed by atoms with Crippen LogP contribution in [0.15, 0.2) is 34.9 Å². The summed E-state index contributed by atoms with van der Waals surface area (Å²) in [6.07, 6.45) is 1.70. The zero-order valence-corrected chi connectivity index (χ0v) is 15.7. The largest absolute Gasteiger partial charge is 0.323 e. The first-order valence-corrected chi connectivity index (χ1v) is 8.19. The predicted octanol–water partition coefficient (Wildman–Crippen LogP) is 4.65. The predicted molar refractivity (Wildman–Crippen MR) is 97.3 cm³/mol. The Hall–Kier alpha value is -1.66. The van der Waals surface area contributed by atoms with Crippen LogP contribution in [0.4, 0.5) is 17.3 Å². The van der Waals surface area contributed by atoms with E-state index in [1.54, 1.807) is 18.3 Å². The van der Waals surface area contributed by atoms with E-state index >= 15 is 0 Å². The molecular formula is C16H18BrClN4O. The van der Waals surface area contributed by atoms with Gasteiger partial charge in [0.05, 0.1) is 10.2 Å². The molecule has 5 nitrogen and oxygen atoms in total. The Kier molecular flexibility index (Phi) is 5.26. The number of anilines is 3. The van der Waals surface area contributed by atoms with E-state index in [9.17, 15) is 4.79 Å². The first kappa shape index (κ1) is 17.7. The first-order valence-electron chi connectivity index (χ1n) is 7.02. The Labute approximate surface area is 149 Å². The monoisotopic (exact) mass is 396 g/mol. The molecule has 0 aliphatic rings. The highest BCUT2D eigenvalue weighted by atomic mass is 79.9. The van der Waals surface area contributed by atoms with Gasteiger partial charge in [-0.25, -0.2) is 9.97 Å². The third kappa shape index (κ3) is 4.20. The van der Waals surface area contributed by atoms with E-state index in [0.717, 1.165) is 10.3 Å². The fourth-order valence-electron chi connectivity index (χ4n) is 1.75. The van der Waals surface area contributed by atoms with Crippen molar-refractivity contribution < 1.29 is 4.79 Å². The minimum Gasteiger partial charge on any atom is -0.323 e. The highest BCUT2D eigenvalue weighted by Gasteiger charge is 2.22. The topological polar surface area (TPSA) is 58.1 Å². The molecule has 0 aromatic carbocycles. The van der Waals surface area contributed by atoms with Gasteiger partial charge in [0, 0.05) is 18.7 Å². The Morgan fingerprint density at radius 1 is 1.30 bits per heavy atom. The summed E-state index contributed by atoms with van der Waals surface area (Å²) < 4.78 is 0.852. The molecule has 2 aromatic heterocycles. The molecule has 7 heteroatoms. The molecule has 0 aliphatic heterocycles. The zero-order chi connectivity index (χ0) is 17.2. The molecule has 1 amide bonds. The quantitative estimate of drug-likeness (QED) is 0.766. The van der Waals surface area contributed by atoms with Crippen LogP contribution < -0.4 is 10.2 Å². The fraction of sp³-hybridized carbons (Fsp3) is 0.312. The number of hydrogen-bond donors (Lipinski definition) is 1. The second-order valence-corrected chi connectivity index (χ2v) is 7.29. The summed E-state index contributed by atoms with van der Waals surface area (Å²) >= 11 is 9.67. The van der Waals surface area contributed by atoms with Crippen LogP contribution in [0.25, 0.3) is 0 Å². The van der Waals surface area contributed by atoms with Gasteiger partial charge in [-0.05, 0) is 40.2 Å². The van der Waals surface area contributed by atoms with Gasteiger partial charge in [-0.15, -0.1) is 0 Å². The molecule has 0 unspecified atom stereocenters. The molecule has 2 heterocycles. The number of carbonyl (C=O) groups excluding carboxylic acids is 1. The van der Waals surface area contributed by atoms with E-state index in [2.05, 4.69) is 31.2 Å². The van der Waals surface area contributed by atoms with Crippen LogP contribution in [0.1, 0.15) is 20.8 Å². The Morgan fingerprint density at radius 3 is 2.57 bits per heavy atom. The van der Waals surface area contributed by atoms with E-state index in [4.69, 9.17) is 11.6 Å². The maximum Gasteiger partial charge on any atom is 0.229 e. The number of amides is 1. The molecule has 0 bridgehead atoms. The minimum atomic E-state index is -0.502. The van der Waals surface area contributed by atoms with Crippen molar-refractivity contribution in [3.8, 4) is 0 Å². The van der Waals surface area contributed by atoms with E-state index in [1.165, 1.54) is 0 Å². The molecule has 1 N–H and O–H groups in total. The third-order valence-corrected chi connectivity index (χ3v) is 4.07. The lowest BCUT2D eigenvalue weighted by Crippen LogP contribution is -2.27. The Bertz CT molecular complexity index is 730. The molecule has 0 aliphatic carbocycles. The van der Waals surface area contributed by atoms with Crippen molar-refractivity contribution in [3.05, 3.63) is 40.1 Å². The normalized spacial score (nSPS) is 11.2. The molecule has 0 radical (unpaired) electrons. The molecule has 0 spiro atoms. The van der Waals surface area contributed by atoms with E-state index in [1.807, 2.05) is 44.9 Å². The number of carbonyl (C=O) groups is 1. The molecule has 0 fully saturated rings. The van der Waals surface area contributed by atoms with E-state index in [-0.39, 0.29) is 11.1 Å². The van der Waals surface area contributed by atoms with Crippen LogP contribution in [0.3, 0.4) is 0 Å². The van der Waals surface area contributed by atoms with Crippen molar-refractivity contribution in [2.75, 3.05) is 17.3 Å². The average molecular weight is 398 g/mol. The van der Waals surface area contributed by atoms with Crippen molar-refractivity contribution >= 4 is 50.8 Å². The number of nitrogens with zero attached hydrogens (tertiary/aromatic N) is 3. The molecule has 2 aromatic rings. The summed E-state index contributed by atoms with van der Waals surface area (Å²) in [5.74, 6) is 1.24. The Morgan fingerprint density at radius 2 is 2.00 bits per heavy atom. The molecule has 122 valence electrons. The lowest BCUT2D eigenvalue weighted by molar-refractivity contribution is -0.123. The summed E-state index contributed by atoms with van der Waals surface area (Å²) in [5.41, 5.74) is -0.0127. The van der Waals surface area contributed by atoms with Gasteiger partial charge in [0.2, 0.25) is 5.91 Å². The summed E-state index contributed by atoms with van der Waals surface area (Å²) in [5, 5.41) is 3.03. The van der Waals surface area contributed by atoms with Crippen molar-refractivity contribution in [1.29, 1.82) is 0 Å². The minimum absolute atomic E-state index is 0.116. The number of hydrogen-bond acceptors (Lipinski definition) is 4. The lowest BCUT2D eigenvalue weighted by Gasteiger charge is -2.21. The van der Waals surface area contributed by atoms with Crippen LogP contribution in [-0.4, -0.2) is 22.9 Å². The van der Waals surface area contributed by atoms with Gasteiger partial charge >= 0.3 is 0 Å². The lowest BCUT2D eigenvalue weighted by atomic mass is 9.95. The summed E-state index contributed by atoms with van der Waals surface area (Å²) in [6, 6.07) is 7.26. The molecule has 23 heavy (non-hydrogen) atoms. The molecule has 0 saturated heterocycles. The van der Waals surface area contributed by atoms with Gasteiger partial charge in [0.25, 0.3) is 0 Å². The number of halogens is 2. The number of pyridine rings is 2. The molecular weight excluding hydrogens is 380 g/mol.